The smallest absolute Gasteiger partial charge is 0.255 e. The SMILES string of the molecule is C/C=C\C(=C/C)C(=O)Nc1cccc(N)c1. The monoisotopic (exact) mass is 216 g/mol. The second-order valence-electron chi connectivity index (χ2n) is 3.32. The molecule has 0 atom stereocenters. The van der Waals surface area contributed by atoms with Crippen LogP contribution in [0.25, 0.3) is 0 Å². The molecule has 1 aromatic carbocycles. The van der Waals surface area contributed by atoms with Gasteiger partial charge in [0.25, 0.3) is 5.91 Å². The van der Waals surface area contributed by atoms with Crippen LogP contribution >= 0.6 is 0 Å². The Morgan fingerprint density at radius 2 is 2.12 bits per heavy atom. The summed E-state index contributed by atoms with van der Waals surface area (Å²) in [5.74, 6) is -0.133. The zero-order chi connectivity index (χ0) is 12.0. The highest BCUT2D eigenvalue weighted by Crippen LogP contribution is 2.13. The Balaban J connectivity index is 2.78. The largest absolute Gasteiger partial charge is 0.399 e. The van der Waals surface area contributed by atoms with Gasteiger partial charge in [-0.3, -0.25) is 4.79 Å². The van der Waals surface area contributed by atoms with Crippen LogP contribution in [0.4, 0.5) is 11.4 Å². The van der Waals surface area contributed by atoms with E-state index in [1.165, 1.54) is 0 Å². The lowest BCUT2D eigenvalue weighted by Gasteiger charge is -2.06. The summed E-state index contributed by atoms with van der Waals surface area (Å²) in [6, 6.07) is 7.10. The van der Waals surface area contributed by atoms with Gasteiger partial charge in [0.15, 0.2) is 0 Å². The number of nitrogens with two attached hydrogens (primary N) is 1. The van der Waals surface area contributed by atoms with Crippen molar-refractivity contribution in [2.45, 2.75) is 13.8 Å². The van der Waals surface area contributed by atoms with E-state index in [4.69, 9.17) is 5.73 Å². The maximum absolute atomic E-state index is 11.8. The van der Waals surface area contributed by atoms with E-state index in [-0.39, 0.29) is 5.91 Å². The highest BCUT2D eigenvalue weighted by molar-refractivity contribution is 6.05. The average Bonchev–Trinajstić information content (AvgIpc) is 2.25. The van der Waals surface area contributed by atoms with Crippen LogP contribution in [0.5, 0.6) is 0 Å². The molecule has 0 radical (unpaired) electrons. The van der Waals surface area contributed by atoms with Crippen LogP contribution in [-0.4, -0.2) is 5.91 Å². The Bertz CT molecular complexity index is 433. The number of nitrogen functional groups attached to an aromatic ring is 1. The maximum Gasteiger partial charge on any atom is 0.255 e. The standard InChI is InChI=1S/C13H16N2O/c1-3-6-10(4-2)13(16)15-12-8-5-7-11(14)9-12/h3-9H,14H2,1-2H3,(H,15,16)/b6-3-,10-4+. The van der Waals surface area contributed by atoms with Gasteiger partial charge < -0.3 is 11.1 Å². The van der Waals surface area contributed by atoms with E-state index in [1.807, 2.05) is 19.9 Å². The molecule has 84 valence electrons. The van der Waals surface area contributed by atoms with Gasteiger partial charge >= 0.3 is 0 Å². The van der Waals surface area contributed by atoms with Gasteiger partial charge in [-0.05, 0) is 32.0 Å². The summed E-state index contributed by atoms with van der Waals surface area (Å²) in [6.07, 6.45) is 5.36. The Hall–Kier alpha value is -2.03. The maximum atomic E-state index is 11.8. The van der Waals surface area contributed by atoms with Crippen LogP contribution in [0.15, 0.2) is 48.1 Å². The molecule has 0 unspecified atom stereocenters. The van der Waals surface area contributed by atoms with Crippen LogP contribution in [0, 0.1) is 0 Å². The molecule has 0 saturated carbocycles. The summed E-state index contributed by atoms with van der Waals surface area (Å²) in [5, 5.41) is 2.78. The summed E-state index contributed by atoms with van der Waals surface area (Å²) < 4.78 is 0. The number of carbonyl (C=O) groups is 1. The Labute approximate surface area is 95.7 Å². The topological polar surface area (TPSA) is 55.1 Å². The normalized spacial score (nSPS) is 11.8. The van der Waals surface area contributed by atoms with Crippen molar-refractivity contribution in [1.82, 2.24) is 0 Å². The molecule has 3 heteroatoms. The molecule has 1 rings (SSSR count). The van der Waals surface area contributed by atoms with Crippen LogP contribution in [0.1, 0.15) is 13.8 Å². The lowest BCUT2D eigenvalue weighted by atomic mass is 10.2. The first kappa shape index (κ1) is 12.0. The predicted molar refractivity (Wildman–Crippen MR) is 68.1 cm³/mol. The third-order valence-electron chi connectivity index (χ3n) is 2.06. The minimum Gasteiger partial charge on any atom is -0.399 e. The van der Waals surface area contributed by atoms with Crippen LogP contribution in [-0.2, 0) is 4.79 Å². The van der Waals surface area contributed by atoms with Gasteiger partial charge in [0.1, 0.15) is 0 Å². The van der Waals surface area contributed by atoms with Crippen molar-refractivity contribution < 1.29 is 4.79 Å². The van der Waals surface area contributed by atoms with Gasteiger partial charge in [-0.2, -0.15) is 0 Å². The van der Waals surface area contributed by atoms with Crippen molar-refractivity contribution in [1.29, 1.82) is 0 Å². The van der Waals surface area contributed by atoms with Gasteiger partial charge in [-0.15, -0.1) is 0 Å². The third-order valence-corrected chi connectivity index (χ3v) is 2.06. The van der Waals surface area contributed by atoms with E-state index in [0.717, 1.165) is 0 Å². The van der Waals surface area contributed by atoms with Crippen molar-refractivity contribution >= 4 is 17.3 Å². The van der Waals surface area contributed by atoms with E-state index >= 15 is 0 Å². The first-order valence-electron chi connectivity index (χ1n) is 5.13. The Kier molecular flexibility index (Phi) is 4.33. The van der Waals surface area contributed by atoms with Crippen molar-refractivity contribution in [2.75, 3.05) is 11.1 Å². The minimum absolute atomic E-state index is 0.133. The molecule has 0 aromatic heterocycles. The number of anilines is 2. The fraction of sp³-hybridized carbons (Fsp3) is 0.154. The molecule has 3 N–H and O–H groups in total. The molecule has 0 aliphatic carbocycles. The summed E-state index contributed by atoms with van der Waals surface area (Å²) in [7, 11) is 0. The summed E-state index contributed by atoms with van der Waals surface area (Å²) >= 11 is 0. The highest BCUT2D eigenvalue weighted by Gasteiger charge is 2.05. The van der Waals surface area contributed by atoms with Crippen molar-refractivity contribution in [3.63, 3.8) is 0 Å². The highest BCUT2D eigenvalue weighted by atomic mass is 16.1. The van der Waals surface area contributed by atoms with Crippen molar-refractivity contribution in [3.05, 3.63) is 48.1 Å². The molecular weight excluding hydrogens is 200 g/mol. The predicted octanol–water partition coefficient (Wildman–Crippen LogP) is 2.73. The molecule has 1 aromatic rings. The molecule has 1 amide bonds. The number of rotatable bonds is 3. The molecular formula is C13H16N2O. The van der Waals surface area contributed by atoms with E-state index < -0.39 is 0 Å². The molecule has 0 spiro atoms. The number of allylic oxidation sites excluding steroid dienone is 2. The van der Waals surface area contributed by atoms with Crippen LogP contribution in [0.2, 0.25) is 0 Å². The first-order chi connectivity index (χ1) is 7.67. The zero-order valence-corrected chi connectivity index (χ0v) is 9.53. The van der Waals surface area contributed by atoms with E-state index in [0.29, 0.717) is 16.9 Å². The first-order valence-corrected chi connectivity index (χ1v) is 5.13. The third kappa shape index (κ3) is 3.28. The van der Waals surface area contributed by atoms with Gasteiger partial charge in [0, 0.05) is 16.9 Å². The number of hydrogen-bond acceptors (Lipinski definition) is 2. The number of hydrogen-bond donors (Lipinski definition) is 2. The molecule has 0 fully saturated rings. The Morgan fingerprint density at radius 1 is 1.38 bits per heavy atom. The molecule has 16 heavy (non-hydrogen) atoms. The number of benzene rings is 1. The zero-order valence-electron chi connectivity index (χ0n) is 9.53. The number of carbonyl (C=O) groups excluding carboxylic acids is 1. The Morgan fingerprint density at radius 3 is 2.69 bits per heavy atom. The molecule has 0 saturated heterocycles. The lowest BCUT2D eigenvalue weighted by Crippen LogP contribution is -2.13. The lowest BCUT2D eigenvalue weighted by molar-refractivity contribution is -0.112. The van der Waals surface area contributed by atoms with Gasteiger partial charge in [-0.1, -0.05) is 24.3 Å². The summed E-state index contributed by atoms with van der Waals surface area (Å²) in [4.78, 5) is 11.8. The molecule has 3 nitrogen and oxygen atoms in total. The molecule has 0 bridgehead atoms. The van der Waals surface area contributed by atoms with E-state index in [2.05, 4.69) is 5.32 Å². The van der Waals surface area contributed by atoms with Gasteiger partial charge in [0.05, 0.1) is 0 Å². The summed E-state index contributed by atoms with van der Waals surface area (Å²) in [6.45, 7) is 3.70. The quantitative estimate of drug-likeness (QED) is 0.463. The fourth-order valence-corrected chi connectivity index (χ4v) is 1.30. The molecule has 0 aliphatic heterocycles. The molecule has 0 aliphatic rings. The van der Waals surface area contributed by atoms with Gasteiger partial charge in [-0.25, -0.2) is 0 Å². The fourth-order valence-electron chi connectivity index (χ4n) is 1.30. The van der Waals surface area contributed by atoms with E-state index in [1.54, 1.807) is 36.4 Å². The van der Waals surface area contributed by atoms with Crippen molar-refractivity contribution in [3.8, 4) is 0 Å². The summed E-state index contributed by atoms with van der Waals surface area (Å²) in [5.41, 5.74) is 7.58. The second-order valence-corrected chi connectivity index (χ2v) is 3.32. The number of nitrogens with one attached hydrogen (secondary N) is 1. The van der Waals surface area contributed by atoms with Crippen LogP contribution in [0.3, 0.4) is 0 Å². The second kappa shape index (κ2) is 5.75. The average molecular weight is 216 g/mol. The van der Waals surface area contributed by atoms with Gasteiger partial charge in [0.2, 0.25) is 0 Å². The number of amides is 1. The van der Waals surface area contributed by atoms with E-state index in [9.17, 15) is 4.79 Å². The molecule has 0 heterocycles. The minimum atomic E-state index is -0.133. The van der Waals surface area contributed by atoms with Crippen molar-refractivity contribution in [2.24, 2.45) is 0 Å². The van der Waals surface area contributed by atoms with Crippen LogP contribution < -0.4 is 11.1 Å².